The molecule has 22 heavy (non-hydrogen) atoms. The van der Waals surface area contributed by atoms with Crippen molar-refractivity contribution in [1.82, 2.24) is 10.1 Å². The van der Waals surface area contributed by atoms with Gasteiger partial charge < -0.3 is 19.3 Å². The lowest BCUT2D eigenvalue weighted by atomic mass is 10.2. The number of rotatable bonds is 6. The molecule has 0 radical (unpaired) electrons. The lowest BCUT2D eigenvalue weighted by molar-refractivity contribution is -0.384. The van der Waals surface area contributed by atoms with E-state index < -0.39 is 10.9 Å². The molecular weight excluding hydrogens is 296 g/mol. The molecule has 2 heterocycles. The summed E-state index contributed by atoms with van der Waals surface area (Å²) in [6, 6.07) is 2.61. The maximum atomic E-state index is 11.4. The van der Waals surface area contributed by atoms with E-state index in [-0.39, 0.29) is 23.6 Å². The van der Waals surface area contributed by atoms with Gasteiger partial charge in [0.2, 0.25) is 5.82 Å². The van der Waals surface area contributed by atoms with Gasteiger partial charge in [0, 0.05) is 18.3 Å². The highest BCUT2D eigenvalue weighted by molar-refractivity contribution is 5.90. The Morgan fingerprint density at radius 1 is 1.45 bits per heavy atom. The van der Waals surface area contributed by atoms with Crippen LogP contribution in [0.1, 0.15) is 16.1 Å². The average Bonchev–Trinajstić information content (AvgIpc) is 3.00. The minimum absolute atomic E-state index is 0.00646. The molecule has 0 bridgehead atoms. The molecule has 0 atom stereocenters. The number of pyridine rings is 1. The fraction of sp³-hybridized carbons (Fsp3) is 0.250. The van der Waals surface area contributed by atoms with Gasteiger partial charge in [-0.3, -0.25) is 10.1 Å². The van der Waals surface area contributed by atoms with Crippen molar-refractivity contribution < 1.29 is 23.7 Å². The number of methoxy groups -OCH3 is 2. The van der Waals surface area contributed by atoms with Gasteiger partial charge in [-0.25, -0.2) is 9.78 Å². The highest BCUT2D eigenvalue weighted by Gasteiger charge is 2.19. The summed E-state index contributed by atoms with van der Waals surface area (Å²) in [5.41, 5.74) is -0.365. The number of ether oxygens (including phenoxy) is 2. The van der Waals surface area contributed by atoms with E-state index in [9.17, 15) is 14.9 Å². The van der Waals surface area contributed by atoms with Crippen LogP contribution in [0.4, 0.5) is 11.5 Å². The SMILES string of the molecule is COC(=O)c1cnc(NCc2cc(OC)no2)c([N+](=O)[O-])c1. The molecule has 1 N–H and O–H groups in total. The van der Waals surface area contributed by atoms with E-state index in [1.54, 1.807) is 0 Å². The van der Waals surface area contributed by atoms with Crippen LogP contribution >= 0.6 is 0 Å². The Hall–Kier alpha value is -3.17. The maximum Gasteiger partial charge on any atom is 0.339 e. The predicted molar refractivity (Wildman–Crippen MR) is 72.6 cm³/mol. The second-order valence-electron chi connectivity index (χ2n) is 4.03. The van der Waals surface area contributed by atoms with Gasteiger partial charge in [0.25, 0.3) is 5.88 Å². The van der Waals surface area contributed by atoms with Crippen molar-refractivity contribution in [2.24, 2.45) is 0 Å². The second kappa shape index (κ2) is 6.52. The minimum Gasteiger partial charge on any atom is -0.479 e. The zero-order valence-electron chi connectivity index (χ0n) is 11.7. The third-order valence-electron chi connectivity index (χ3n) is 2.66. The highest BCUT2D eigenvalue weighted by Crippen LogP contribution is 2.24. The number of carbonyl (C=O) groups is 1. The Bertz CT molecular complexity index is 699. The molecule has 0 spiro atoms. The first-order chi connectivity index (χ1) is 10.5. The first-order valence-electron chi connectivity index (χ1n) is 6.01. The van der Waals surface area contributed by atoms with Crippen molar-refractivity contribution in [2.45, 2.75) is 6.54 Å². The number of anilines is 1. The molecule has 2 aromatic heterocycles. The van der Waals surface area contributed by atoms with Gasteiger partial charge in [0.1, 0.15) is 0 Å². The molecule has 10 nitrogen and oxygen atoms in total. The number of esters is 1. The molecular formula is C12H12N4O6. The number of aromatic nitrogens is 2. The fourth-order valence-corrected chi connectivity index (χ4v) is 1.60. The molecule has 0 aliphatic heterocycles. The van der Waals surface area contributed by atoms with E-state index in [1.165, 1.54) is 26.5 Å². The van der Waals surface area contributed by atoms with Crippen LogP contribution in [0.15, 0.2) is 22.9 Å². The molecule has 2 aromatic rings. The van der Waals surface area contributed by atoms with Crippen LogP contribution in [0.25, 0.3) is 0 Å². The van der Waals surface area contributed by atoms with Crippen LogP contribution in [-0.2, 0) is 11.3 Å². The molecule has 0 aromatic carbocycles. The summed E-state index contributed by atoms with van der Waals surface area (Å²) in [5, 5.41) is 17.4. The molecule has 10 heteroatoms. The van der Waals surface area contributed by atoms with Gasteiger partial charge in [-0.15, -0.1) is 0 Å². The van der Waals surface area contributed by atoms with E-state index in [2.05, 4.69) is 20.2 Å². The molecule has 0 aliphatic carbocycles. The average molecular weight is 308 g/mol. The summed E-state index contributed by atoms with van der Waals surface area (Å²) in [6.07, 6.45) is 1.18. The van der Waals surface area contributed by atoms with Gasteiger partial charge in [0.15, 0.2) is 5.76 Å². The second-order valence-corrected chi connectivity index (χ2v) is 4.03. The Balaban J connectivity index is 2.19. The van der Waals surface area contributed by atoms with Crippen molar-refractivity contribution >= 4 is 17.5 Å². The fourth-order valence-electron chi connectivity index (χ4n) is 1.60. The molecule has 116 valence electrons. The minimum atomic E-state index is -0.706. The molecule has 0 saturated heterocycles. The summed E-state index contributed by atoms with van der Waals surface area (Å²) < 4.78 is 14.3. The van der Waals surface area contributed by atoms with Crippen LogP contribution in [0.5, 0.6) is 5.88 Å². The maximum absolute atomic E-state index is 11.4. The van der Waals surface area contributed by atoms with E-state index >= 15 is 0 Å². The molecule has 0 amide bonds. The zero-order chi connectivity index (χ0) is 16.1. The van der Waals surface area contributed by atoms with Crippen molar-refractivity contribution in [3.63, 3.8) is 0 Å². The summed E-state index contributed by atoms with van der Waals surface area (Å²) >= 11 is 0. The summed E-state index contributed by atoms with van der Waals surface area (Å²) in [4.78, 5) is 25.7. The lowest BCUT2D eigenvalue weighted by Crippen LogP contribution is -2.08. The first kappa shape index (κ1) is 15.2. The van der Waals surface area contributed by atoms with Crippen molar-refractivity contribution in [3.05, 3.63) is 39.8 Å². The third-order valence-corrected chi connectivity index (χ3v) is 2.66. The standard InChI is InChI=1S/C12H12N4O6/c1-20-10-4-8(22-15-10)6-14-11-9(16(18)19)3-7(5-13-11)12(17)21-2/h3-5H,6H2,1-2H3,(H,13,14). The van der Waals surface area contributed by atoms with Crippen LogP contribution in [0, 0.1) is 10.1 Å². The number of carbonyl (C=O) groups excluding carboxylic acids is 1. The molecule has 0 unspecified atom stereocenters. The molecule has 2 rings (SSSR count). The highest BCUT2D eigenvalue weighted by atomic mass is 16.6. The third kappa shape index (κ3) is 3.29. The van der Waals surface area contributed by atoms with Crippen LogP contribution in [-0.4, -0.2) is 35.3 Å². The number of nitro groups is 1. The van der Waals surface area contributed by atoms with Crippen molar-refractivity contribution in [1.29, 1.82) is 0 Å². The van der Waals surface area contributed by atoms with E-state index in [4.69, 9.17) is 9.26 Å². The normalized spacial score (nSPS) is 10.1. The van der Waals surface area contributed by atoms with Gasteiger partial charge in [-0.05, 0) is 5.16 Å². The number of nitrogens with zero attached hydrogens (tertiary/aromatic N) is 3. The predicted octanol–water partition coefficient (Wildman–Crippen LogP) is 1.39. The first-order valence-corrected chi connectivity index (χ1v) is 6.01. The zero-order valence-corrected chi connectivity index (χ0v) is 11.7. The van der Waals surface area contributed by atoms with E-state index in [1.807, 2.05) is 0 Å². The molecule has 0 fully saturated rings. The smallest absolute Gasteiger partial charge is 0.339 e. The van der Waals surface area contributed by atoms with Gasteiger partial charge in [-0.2, -0.15) is 0 Å². The largest absolute Gasteiger partial charge is 0.479 e. The van der Waals surface area contributed by atoms with Gasteiger partial charge >= 0.3 is 11.7 Å². The van der Waals surface area contributed by atoms with Crippen LogP contribution in [0.3, 0.4) is 0 Å². The Labute approximate surface area is 124 Å². The monoisotopic (exact) mass is 308 g/mol. The number of nitrogens with one attached hydrogen (secondary N) is 1. The molecule has 0 saturated carbocycles. The van der Waals surface area contributed by atoms with Crippen molar-refractivity contribution in [3.8, 4) is 5.88 Å². The van der Waals surface area contributed by atoms with E-state index in [0.717, 1.165) is 6.07 Å². The number of hydrogen-bond donors (Lipinski definition) is 1. The van der Waals surface area contributed by atoms with Crippen molar-refractivity contribution in [2.75, 3.05) is 19.5 Å². The lowest BCUT2D eigenvalue weighted by Gasteiger charge is -2.05. The van der Waals surface area contributed by atoms with E-state index in [0.29, 0.717) is 11.6 Å². The summed E-state index contributed by atoms with van der Waals surface area (Å²) in [7, 11) is 2.62. The summed E-state index contributed by atoms with van der Waals surface area (Å²) in [5.74, 6) is -0.0135. The topological polar surface area (TPSA) is 130 Å². The summed E-state index contributed by atoms with van der Waals surface area (Å²) in [6.45, 7) is 0.113. The Morgan fingerprint density at radius 2 is 2.23 bits per heavy atom. The Kier molecular flexibility index (Phi) is 4.51. The quantitative estimate of drug-likeness (QED) is 0.477. The van der Waals surface area contributed by atoms with Crippen LogP contribution < -0.4 is 10.1 Å². The van der Waals surface area contributed by atoms with Crippen LogP contribution in [0.2, 0.25) is 0 Å². The van der Waals surface area contributed by atoms with Gasteiger partial charge in [0.05, 0.1) is 31.3 Å². The van der Waals surface area contributed by atoms with Gasteiger partial charge in [-0.1, -0.05) is 0 Å². The molecule has 0 aliphatic rings. The number of hydrogen-bond acceptors (Lipinski definition) is 9. The Morgan fingerprint density at radius 3 is 2.82 bits per heavy atom.